The normalized spacial score (nSPS) is 12.4. The Morgan fingerprint density at radius 2 is 2.15 bits per heavy atom. The van der Waals surface area contributed by atoms with Gasteiger partial charge >= 0.3 is 5.97 Å². The Bertz CT molecular complexity index is 662. The van der Waals surface area contributed by atoms with Crippen molar-refractivity contribution in [2.75, 3.05) is 0 Å². The van der Waals surface area contributed by atoms with Gasteiger partial charge in [-0.2, -0.15) is 0 Å². The minimum absolute atomic E-state index is 0.0637. The van der Waals surface area contributed by atoms with Crippen molar-refractivity contribution in [3.8, 4) is 11.4 Å². The molecule has 0 saturated heterocycles. The molecule has 6 nitrogen and oxygen atoms in total. The maximum absolute atomic E-state index is 13.8. The molecular weight excluding hydrogens is 294 g/mol. The smallest absolute Gasteiger partial charge is 0.308 e. The fourth-order valence-electron chi connectivity index (χ4n) is 1.55. The molecule has 2 rings (SSSR count). The first-order chi connectivity index (χ1) is 9.40. The number of carbonyl (C=O) groups is 1. The van der Waals surface area contributed by atoms with Gasteiger partial charge in [0.1, 0.15) is 11.6 Å². The van der Waals surface area contributed by atoms with Gasteiger partial charge in [-0.15, -0.1) is 5.10 Å². The highest BCUT2D eigenvalue weighted by Gasteiger charge is 2.20. The number of hydrogen-bond donors (Lipinski definition) is 1. The largest absolute Gasteiger partial charge is 0.481 e. The molecular formula is C11H9ClF2N4O2. The van der Waals surface area contributed by atoms with E-state index in [0.29, 0.717) is 0 Å². The number of halogens is 3. The van der Waals surface area contributed by atoms with Crippen molar-refractivity contribution >= 4 is 17.6 Å². The third-order valence-corrected chi connectivity index (χ3v) is 2.94. The van der Waals surface area contributed by atoms with E-state index in [9.17, 15) is 13.6 Å². The van der Waals surface area contributed by atoms with E-state index in [1.165, 1.54) is 6.92 Å². The fourth-order valence-corrected chi connectivity index (χ4v) is 1.70. The zero-order valence-electron chi connectivity index (χ0n) is 10.2. The number of hydrogen-bond acceptors (Lipinski definition) is 4. The Kier molecular flexibility index (Phi) is 3.93. The summed E-state index contributed by atoms with van der Waals surface area (Å²) in [6, 6.07) is 1.68. The molecule has 20 heavy (non-hydrogen) atoms. The lowest BCUT2D eigenvalue weighted by Crippen LogP contribution is -2.18. The van der Waals surface area contributed by atoms with Gasteiger partial charge in [-0.25, -0.2) is 13.5 Å². The van der Waals surface area contributed by atoms with Crippen LogP contribution in [-0.4, -0.2) is 31.3 Å². The molecule has 0 aliphatic carbocycles. The molecule has 9 heteroatoms. The first kappa shape index (κ1) is 14.3. The second-order valence-corrected chi connectivity index (χ2v) is 4.58. The molecule has 0 saturated carbocycles. The van der Waals surface area contributed by atoms with Crippen LogP contribution >= 0.6 is 11.6 Å². The van der Waals surface area contributed by atoms with Crippen molar-refractivity contribution in [3.63, 3.8) is 0 Å². The number of carboxylic acids is 1. The van der Waals surface area contributed by atoms with Crippen LogP contribution in [-0.2, 0) is 11.3 Å². The highest BCUT2D eigenvalue weighted by Crippen LogP contribution is 2.26. The molecule has 0 radical (unpaired) electrons. The minimum atomic E-state index is -1.05. The van der Waals surface area contributed by atoms with Crippen molar-refractivity contribution in [2.45, 2.75) is 13.5 Å². The maximum atomic E-state index is 13.8. The third kappa shape index (κ3) is 2.74. The zero-order chi connectivity index (χ0) is 14.9. The van der Waals surface area contributed by atoms with Crippen LogP contribution in [0.1, 0.15) is 6.92 Å². The molecule has 2 aromatic rings. The first-order valence-electron chi connectivity index (χ1n) is 5.54. The summed E-state index contributed by atoms with van der Waals surface area (Å²) >= 11 is 5.46. The fraction of sp³-hybridized carbons (Fsp3) is 0.273. The number of benzene rings is 1. The summed E-state index contributed by atoms with van der Waals surface area (Å²) in [5, 5.41) is 19.0. The number of tetrazole rings is 1. The van der Waals surface area contributed by atoms with Crippen LogP contribution < -0.4 is 0 Å². The topological polar surface area (TPSA) is 80.9 Å². The molecule has 1 atom stereocenters. The van der Waals surface area contributed by atoms with Gasteiger partial charge in [0.2, 0.25) is 0 Å². The van der Waals surface area contributed by atoms with Crippen LogP contribution in [0.4, 0.5) is 8.78 Å². The van der Waals surface area contributed by atoms with E-state index in [-0.39, 0.29) is 23.0 Å². The van der Waals surface area contributed by atoms with Gasteiger partial charge in [0, 0.05) is 0 Å². The summed E-state index contributed by atoms with van der Waals surface area (Å²) in [5.41, 5.74) is -0.186. The van der Waals surface area contributed by atoms with Crippen LogP contribution in [0.15, 0.2) is 12.1 Å². The molecule has 1 aromatic carbocycles. The van der Waals surface area contributed by atoms with Gasteiger partial charge in [0.15, 0.2) is 5.82 Å². The van der Waals surface area contributed by atoms with E-state index >= 15 is 0 Å². The predicted molar refractivity (Wildman–Crippen MR) is 65.0 cm³/mol. The van der Waals surface area contributed by atoms with E-state index < -0.39 is 23.5 Å². The van der Waals surface area contributed by atoms with E-state index in [0.717, 1.165) is 16.8 Å². The third-order valence-electron chi connectivity index (χ3n) is 2.65. The lowest BCUT2D eigenvalue weighted by molar-refractivity contribution is -0.141. The van der Waals surface area contributed by atoms with Gasteiger partial charge < -0.3 is 5.11 Å². The van der Waals surface area contributed by atoms with Crippen molar-refractivity contribution in [2.24, 2.45) is 5.92 Å². The number of aliphatic carboxylic acids is 1. The Hall–Kier alpha value is -2.09. The van der Waals surface area contributed by atoms with Crippen molar-refractivity contribution in [1.29, 1.82) is 0 Å². The van der Waals surface area contributed by atoms with Crippen LogP contribution in [0.3, 0.4) is 0 Å². The molecule has 1 unspecified atom stereocenters. The number of aromatic nitrogens is 4. The van der Waals surface area contributed by atoms with Crippen molar-refractivity contribution < 1.29 is 18.7 Å². The molecule has 0 aliphatic heterocycles. The maximum Gasteiger partial charge on any atom is 0.308 e. The monoisotopic (exact) mass is 302 g/mol. The number of nitrogens with zero attached hydrogens (tertiary/aromatic N) is 4. The molecule has 106 valence electrons. The Labute approximate surface area is 117 Å². The number of rotatable bonds is 4. The minimum Gasteiger partial charge on any atom is -0.481 e. The summed E-state index contributed by atoms with van der Waals surface area (Å²) in [5.74, 6) is -3.50. The number of carboxylic acid groups (broad SMARTS) is 1. The average molecular weight is 303 g/mol. The van der Waals surface area contributed by atoms with Crippen LogP contribution in [0.25, 0.3) is 11.4 Å². The Morgan fingerprint density at radius 3 is 2.80 bits per heavy atom. The standard InChI is InChI=1S/C11H9ClF2N4O2/c1-5(11(19)20)4-18-10(15-16-17-18)6-2-9(14)7(12)3-8(6)13/h2-3,5H,4H2,1H3,(H,19,20). The Balaban J connectivity index is 2.42. The van der Waals surface area contributed by atoms with Crippen molar-refractivity contribution in [1.82, 2.24) is 20.2 Å². The first-order valence-corrected chi connectivity index (χ1v) is 5.92. The van der Waals surface area contributed by atoms with Gasteiger partial charge in [-0.05, 0) is 22.6 Å². The zero-order valence-corrected chi connectivity index (χ0v) is 11.0. The summed E-state index contributed by atoms with van der Waals surface area (Å²) < 4.78 is 28.3. The lowest BCUT2D eigenvalue weighted by atomic mass is 10.1. The quantitative estimate of drug-likeness (QED) is 0.874. The average Bonchev–Trinajstić information content (AvgIpc) is 2.81. The second-order valence-electron chi connectivity index (χ2n) is 4.17. The second kappa shape index (κ2) is 5.49. The van der Waals surface area contributed by atoms with Crippen LogP contribution in [0, 0.1) is 17.6 Å². The molecule has 0 bridgehead atoms. The predicted octanol–water partition coefficient (Wildman–Crippen LogP) is 1.99. The SMILES string of the molecule is CC(Cn1nnnc1-c1cc(F)c(Cl)cc1F)C(=O)O. The van der Waals surface area contributed by atoms with E-state index in [4.69, 9.17) is 16.7 Å². The van der Waals surface area contributed by atoms with Gasteiger partial charge in [0.25, 0.3) is 0 Å². The van der Waals surface area contributed by atoms with Gasteiger partial charge in [-0.1, -0.05) is 18.5 Å². The van der Waals surface area contributed by atoms with E-state index in [2.05, 4.69) is 15.5 Å². The van der Waals surface area contributed by atoms with E-state index in [1.807, 2.05) is 0 Å². The lowest BCUT2D eigenvalue weighted by Gasteiger charge is -2.09. The summed E-state index contributed by atoms with van der Waals surface area (Å²) in [6.07, 6.45) is 0. The van der Waals surface area contributed by atoms with Crippen LogP contribution in [0.5, 0.6) is 0 Å². The molecule has 0 amide bonds. The molecule has 0 aliphatic rings. The van der Waals surface area contributed by atoms with Gasteiger partial charge in [0.05, 0.1) is 23.0 Å². The molecule has 1 aromatic heterocycles. The summed E-state index contributed by atoms with van der Waals surface area (Å²) in [6.45, 7) is 1.38. The van der Waals surface area contributed by atoms with E-state index in [1.54, 1.807) is 0 Å². The van der Waals surface area contributed by atoms with Crippen molar-refractivity contribution in [3.05, 3.63) is 28.8 Å². The summed E-state index contributed by atoms with van der Waals surface area (Å²) in [7, 11) is 0. The molecule has 1 heterocycles. The summed E-state index contributed by atoms with van der Waals surface area (Å²) in [4.78, 5) is 10.8. The van der Waals surface area contributed by atoms with Gasteiger partial charge in [-0.3, -0.25) is 4.79 Å². The van der Waals surface area contributed by atoms with Crippen LogP contribution in [0.2, 0.25) is 5.02 Å². The highest BCUT2D eigenvalue weighted by atomic mass is 35.5. The molecule has 0 fully saturated rings. The highest BCUT2D eigenvalue weighted by molar-refractivity contribution is 6.30. The molecule has 1 N–H and O–H groups in total. The molecule has 0 spiro atoms. The Morgan fingerprint density at radius 1 is 1.45 bits per heavy atom.